The van der Waals surface area contributed by atoms with Crippen LogP contribution in [0.15, 0.2) is 16.8 Å². The SMILES string of the molecule is CCC1(CNCCc2ccsc2)CC1. The standard InChI is InChI=1S/C12H19NS/c1-2-12(5-6-12)10-13-7-3-11-4-8-14-9-11/h4,8-9,13H,2-3,5-7,10H2,1H3. The Morgan fingerprint density at radius 3 is 2.93 bits per heavy atom. The van der Waals surface area contributed by atoms with Crippen LogP contribution in [-0.2, 0) is 6.42 Å². The van der Waals surface area contributed by atoms with Crippen molar-refractivity contribution in [3.8, 4) is 0 Å². The summed E-state index contributed by atoms with van der Waals surface area (Å²) in [5.41, 5.74) is 2.16. The van der Waals surface area contributed by atoms with E-state index in [-0.39, 0.29) is 0 Å². The largest absolute Gasteiger partial charge is 0.316 e. The van der Waals surface area contributed by atoms with Crippen LogP contribution in [0.2, 0.25) is 0 Å². The lowest BCUT2D eigenvalue weighted by Gasteiger charge is -2.12. The molecule has 1 aliphatic rings. The zero-order valence-corrected chi connectivity index (χ0v) is 9.70. The van der Waals surface area contributed by atoms with E-state index in [2.05, 4.69) is 29.1 Å². The molecule has 0 aromatic carbocycles. The summed E-state index contributed by atoms with van der Waals surface area (Å²) in [4.78, 5) is 0. The van der Waals surface area contributed by atoms with E-state index in [4.69, 9.17) is 0 Å². The van der Waals surface area contributed by atoms with E-state index in [9.17, 15) is 0 Å². The summed E-state index contributed by atoms with van der Waals surface area (Å²) >= 11 is 1.79. The van der Waals surface area contributed by atoms with Gasteiger partial charge >= 0.3 is 0 Å². The molecule has 1 aromatic heterocycles. The lowest BCUT2D eigenvalue weighted by Crippen LogP contribution is -2.25. The molecule has 2 heteroatoms. The molecule has 1 fully saturated rings. The van der Waals surface area contributed by atoms with Crippen molar-refractivity contribution in [3.63, 3.8) is 0 Å². The van der Waals surface area contributed by atoms with Crippen molar-refractivity contribution >= 4 is 11.3 Å². The van der Waals surface area contributed by atoms with Crippen LogP contribution >= 0.6 is 11.3 Å². The van der Waals surface area contributed by atoms with Gasteiger partial charge in [-0.3, -0.25) is 0 Å². The second kappa shape index (κ2) is 4.45. The highest BCUT2D eigenvalue weighted by molar-refractivity contribution is 7.07. The Bertz CT molecular complexity index is 262. The van der Waals surface area contributed by atoms with Gasteiger partial charge in [0, 0.05) is 6.54 Å². The Kier molecular flexibility index (Phi) is 3.24. The van der Waals surface area contributed by atoms with Gasteiger partial charge in [-0.2, -0.15) is 11.3 Å². The van der Waals surface area contributed by atoms with E-state index in [0.29, 0.717) is 5.41 Å². The molecule has 0 unspecified atom stereocenters. The number of hydrogen-bond acceptors (Lipinski definition) is 2. The third-order valence-electron chi connectivity index (χ3n) is 3.38. The molecular formula is C12H19NS. The predicted octanol–water partition coefficient (Wildman–Crippen LogP) is 3.07. The van der Waals surface area contributed by atoms with E-state index < -0.39 is 0 Å². The highest BCUT2D eigenvalue weighted by Gasteiger charge is 2.39. The van der Waals surface area contributed by atoms with Crippen molar-refractivity contribution in [2.24, 2.45) is 5.41 Å². The molecule has 1 heterocycles. The summed E-state index contributed by atoms with van der Waals surface area (Å²) in [6.45, 7) is 4.68. The van der Waals surface area contributed by atoms with E-state index in [0.717, 1.165) is 6.54 Å². The van der Waals surface area contributed by atoms with E-state index in [1.54, 1.807) is 11.3 Å². The first-order valence-electron chi connectivity index (χ1n) is 5.56. The van der Waals surface area contributed by atoms with Crippen LogP contribution in [0, 0.1) is 5.41 Å². The quantitative estimate of drug-likeness (QED) is 0.710. The average Bonchev–Trinajstić information content (AvgIpc) is 2.81. The molecule has 1 aliphatic carbocycles. The first-order chi connectivity index (χ1) is 6.85. The molecule has 78 valence electrons. The van der Waals surface area contributed by atoms with Crippen molar-refractivity contribution in [2.75, 3.05) is 13.1 Å². The summed E-state index contributed by atoms with van der Waals surface area (Å²) in [5, 5.41) is 7.98. The van der Waals surface area contributed by atoms with Crippen LogP contribution in [0.5, 0.6) is 0 Å². The maximum Gasteiger partial charge on any atom is 0.000784 e. The van der Waals surface area contributed by atoms with Crippen LogP contribution < -0.4 is 5.32 Å². The summed E-state index contributed by atoms with van der Waals surface area (Å²) in [7, 11) is 0. The van der Waals surface area contributed by atoms with Crippen LogP contribution in [0.3, 0.4) is 0 Å². The second-order valence-corrected chi connectivity index (χ2v) is 5.19. The minimum atomic E-state index is 0.689. The summed E-state index contributed by atoms with van der Waals surface area (Å²) in [6, 6.07) is 2.22. The fraction of sp³-hybridized carbons (Fsp3) is 0.667. The Morgan fingerprint density at radius 2 is 2.36 bits per heavy atom. The lowest BCUT2D eigenvalue weighted by molar-refractivity contribution is 0.446. The van der Waals surface area contributed by atoms with Crippen molar-refractivity contribution < 1.29 is 0 Å². The molecule has 0 saturated heterocycles. The molecule has 1 N–H and O–H groups in total. The monoisotopic (exact) mass is 209 g/mol. The smallest absolute Gasteiger partial charge is 0.000784 e. The van der Waals surface area contributed by atoms with Gasteiger partial charge in [-0.05, 0) is 60.0 Å². The van der Waals surface area contributed by atoms with Crippen molar-refractivity contribution in [2.45, 2.75) is 32.6 Å². The maximum absolute atomic E-state index is 3.58. The minimum Gasteiger partial charge on any atom is -0.316 e. The fourth-order valence-electron chi connectivity index (χ4n) is 1.85. The number of nitrogens with one attached hydrogen (secondary N) is 1. The Hall–Kier alpha value is -0.340. The number of thiophene rings is 1. The van der Waals surface area contributed by atoms with Gasteiger partial charge < -0.3 is 5.32 Å². The van der Waals surface area contributed by atoms with Gasteiger partial charge in [0.25, 0.3) is 0 Å². The number of rotatable bonds is 6. The topological polar surface area (TPSA) is 12.0 Å². The van der Waals surface area contributed by atoms with E-state index in [1.165, 1.54) is 37.8 Å². The Balaban J connectivity index is 1.60. The van der Waals surface area contributed by atoms with Crippen LogP contribution in [0.25, 0.3) is 0 Å². The van der Waals surface area contributed by atoms with Gasteiger partial charge in [0.1, 0.15) is 0 Å². The second-order valence-electron chi connectivity index (χ2n) is 4.41. The van der Waals surface area contributed by atoms with Crippen LogP contribution in [0.4, 0.5) is 0 Å². The maximum atomic E-state index is 3.58. The van der Waals surface area contributed by atoms with Crippen LogP contribution in [0.1, 0.15) is 31.7 Å². The molecule has 0 amide bonds. The molecule has 0 atom stereocenters. The van der Waals surface area contributed by atoms with Gasteiger partial charge in [0.2, 0.25) is 0 Å². The van der Waals surface area contributed by atoms with Crippen molar-refractivity contribution in [1.29, 1.82) is 0 Å². The van der Waals surface area contributed by atoms with Gasteiger partial charge in [0.05, 0.1) is 0 Å². The molecule has 0 spiro atoms. The molecule has 1 saturated carbocycles. The van der Waals surface area contributed by atoms with Crippen LogP contribution in [-0.4, -0.2) is 13.1 Å². The van der Waals surface area contributed by atoms with Gasteiger partial charge in [-0.15, -0.1) is 0 Å². The molecule has 0 aliphatic heterocycles. The zero-order valence-electron chi connectivity index (χ0n) is 8.88. The Labute approximate surface area is 90.5 Å². The molecule has 1 nitrogen and oxygen atoms in total. The Morgan fingerprint density at radius 1 is 1.50 bits per heavy atom. The summed E-state index contributed by atoms with van der Waals surface area (Å²) < 4.78 is 0. The zero-order chi connectivity index (χ0) is 9.86. The molecule has 2 rings (SSSR count). The van der Waals surface area contributed by atoms with Crippen molar-refractivity contribution in [3.05, 3.63) is 22.4 Å². The predicted molar refractivity (Wildman–Crippen MR) is 62.9 cm³/mol. The van der Waals surface area contributed by atoms with Gasteiger partial charge in [-0.1, -0.05) is 6.92 Å². The lowest BCUT2D eigenvalue weighted by atomic mass is 10.0. The third kappa shape index (κ3) is 2.58. The average molecular weight is 209 g/mol. The molecule has 1 aromatic rings. The van der Waals surface area contributed by atoms with Crippen molar-refractivity contribution in [1.82, 2.24) is 5.32 Å². The summed E-state index contributed by atoms with van der Waals surface area (Å²) in [6.07, 6.45) is 5.41. The third-order valence-corrected chi connectivity index (χ3v) is 4.11. The summed E-state index contributed by atoms with van der Waals surface area (Å²) in [5.74, 6) is 0. The first-order valence-corrected chi connectivity index (χ1v) is 6.51. The molecular weight excluding hydrogens is 190 g/mol. The minimum absolute atomic E-state index is 0.689. The van der Waals surface area contributed by atoms with Gasteiger partial charge in [-0.25, -0.2) is 0 Å². The highest BCUT2D eigenvalue weighted by Crippen LogP contribution is 2.47. The molecule has 14 heavy (non-hydrogen) atoms. The normalized spacial score (nSPS) is 18.4. The first kappa shape index (κ1) is 10.2. The fourth-order valence-corrected chi connectivity index (χ4v) is 2.56. The molecule has 0 radical (unpaired) electrons. The highest BCUT2D eigenvalue weighted by atomic mass is 32.1. The molecule has 0 bridgehead atoms. The van der Waals surface area contributed by atoms with E-state index in [1.807, 2.05) is 0 Å². The van der Waals surface area contributed by atoms with Gasteiger partial charge in [0.15, 0.2) is 0 Å². The number of hydrogen-bond donors (Lipinski definition) is 1. The van der Waals surface area contributed by atoms with E-state index >= 15 is 0 Å².